The van der Waals surface area contributed by atoms with Crippen LogP contribution in [0.25, 0.3) is 10.9 Å². The Morgan fingerprint density at radius 3 is 2.78 bits per heavy atom. The predicted octanol–water partition coefficient (Wildman–Crippen LogP) is 2.83. The number of benzene rings is 1. The summed E-state index contributed by atoms with van der Waals surface area (Å²) in [4.78, 5) is 0. The van der Waals surface area contributed by atoms with E-state index in [0.717, 1.165) is 22.2 Å². The molecule has 18 heavy (non-hydrogen) atoms. The molecule has 0 amide bonds. The van der Waals surface area contributed by atoms with Crippen LogP contribution >= 0.6 is 0 Å². The minimum Gasteiger partial charge on any atom is -0.278 e. The van der Waals surface area contributed by atoms with E-state index < -0.39 is 11.0 Å². The lowest BCUT2D eigenvalue weighted by Gasteiger charge is -2.14. The fourth-order valence-electron chi connectivity index (χ4n) is 1.48. The molecule has 1 aromatic carbocycles. The zero-order chi connectivity index (χ0) is 13.3. The number of rotatable bonds is 2. The van der Waals surface area contributed by atoms with Crippen molar-refractivity contribution in [1.29, 1.82) is 0 Å². The normalized spacial score (nSPS) is 15.0. The van der Waals surface area contributed by atoms with Crippen LogP contribution in [0.4, 0.5) is 0 Å². The van der Waals surface area contributed by atoms with E-state index in [1.807, 2.05) is 45.9 Å². The summed E-state index contributed by atoms with van der Waals surface area (Å²) in [6, 6.07) is 5.91. The van der Waals surface area contributed by atoms with E-state index in [-0.39, 0.29) is 4.75 Å². The van der Waals surface area contributed by atoms with E-state index in [0.29, 0.717) is 0 Å². The third-order valence-electron chi connectivity index (χ3n) is 2.60. The standard InChI is InChI=1S/C13H17N3OS/c1-9(16-18(17)13(2,3)4)10-5-6-12-11(7-10)8-14-15-12/h5-8H,1-4H3,(H,14,15)/t18-/m0/s1. The molecule has 0 unspecified atom stereocenters. The van der Waals surface area contributed by atoms with Crippen molar-refractivity contribution in [3.05, 3.63) is 30.0 Å². The summed E-state index contributed by atoms with van der Waals surface area (Å²) in [6.45, 7) is 7.63. The number of aromatic amines is 1. The molecule has 1 aromatic heterocycles. The first kappa shape index (κ1) is 13.0. The lowest BCUT2D eigenvalue weighted by atomic mass is 10.1. The highest BCUT2D eigenvalue weighted by Gasteiger charge is 2.19. The molecular formula is C13H17N3OS. The molecule has 0 spiro atoms. The van der Waals surface area contributed by atoms with Crippen LogP contribution in [-0.4, -0.2) is 24.9 Å². The van der Waals surface area contributed by atoms with Gasteiger partial charge in [-0.2, -0.15) is 9.50 Å². The SMILES string of the molecule is CC(=N[S@@](=O)C(C)(C)C)c1ccc2[nH]ncc2c1. The van der Waals surface area contributed by atoms with E-state index in [1.54, 1.807) is 6.20 Å². The lowest BCUT2D eigenvalue weighted by molar-refractivity contribution is 0.650. The van der Waals surface area contributed by atoms with Gasteiger partial charge in [-0.3, -0.25) is 5.10 Å². The topological polar surface area (TPSA) is 58.1 Å². The average molecular weight is 263 g/mol. The number of hydrogen-bond donors (Lipinski definition) is 1. The molecule has 96 valence electrons. The Hall–Kier alpha value is -1.49. The van der Waals surface area contributed by atoms with Gasteiger partial charge in [0.05, 0.1) is 22.2 Å². The fourth-order valence-corrected chi connectivity index (χ4v) is 2.11. The van der Waals surface area contributed by atoms with E-state index in [4.69, 9.17) is 0 Å². The summed E-state index contributed by atoms with van der Waals surface area (Å²) in [6.07, 6.45) is 1.77. The van der Waals surface area contributed by atoms with Gasteiger partial charge in [0.15, 0.2) is 0 Å². The summed E-state index contributed by atoms with van der Waals surface area (Å²) in [5.41, 5.74) is 2.75. The monoisotopic (exact) mass is 263 g/mol. The molecule has 1 atom stereocenters. The zero-order valence-corrected chi connectivity index (χ0v) is 11.8. The molecule has 0 bridgehead atoms. The van der Waals surface area contributed by atoms with Gasteiger partial charge in [-0.15, -0.1) is 0 Å². The smallest absolute Gasteiger partial charge is 0.145 e. The Morgan fingerprint density at radius 1 is 1.39 bits per heavy atom. The lowest BCUT2D eigenvalue weighted by Crippen LogP contribution is -2.20. The van der Waals surface area contributed by atoms with E-state index in [2.05, 4.69) is 14.6 Å². The van der Waals surface area contributed by atoms with Crippen molar-refractivity contribution in [2.45, 2.75) is 32.4 Å². The van der Waals surface area contributed by atoms with Crippen LogP contribution in [0.15, 0.2) is 28.8 Å². The zero-order valence-electron chi connectivity index (χ0n) is 11.0. The second kappa shape index (κ2) is 4.65. The van der Waals surface area contributed by atoms with Crippen molar-refractivity contribution >= 4 is 27.6 Å². The molecule has 5 heteroatoms. The van der Waals surface area contributed by atoms with Gasteiger partial charge in [-0.1, -0.05) is 6.07 Å². The average Bonchev–Trinajstić information content (AvgIpc) is 2.74. The molecule has 2 aromatic rings. The first-order valence-electron chi connectivity index (χ1n) is 5.79. The van der Waals surface area contributed by atoms with Crippen LogP contribution in [0.3, 0.4) is 0 Å². The summed E-state index contributed by atoms with van der Waals surface area (Å²) in [5.74, 6) is 0. The molecule has 0 aliphatic rings. The molecule has 1 N–H and O–H groups in total. The maximum Gasteiger partial charge on any atom is 0.145 e. The summed E-state index contributed by atoms with van der Waals surface area (Å²) in [7, 11) is -1.23. The third kappa shape index (κ3) is 2.67. The van der Waals surface area contributed by atoms with Crippen LogP contribution in [0.2, 0.25) is 0 Å². The van der Waals surface area contributed by atoms with Gasteiger partial charge in [0.1, 0.15) is 11.0 Å². The maximum absolute atomic E-state index is 12.0. The number of H-pyrrole nitrogens is 1. The Kier molecular flexibility index (Phi) is 3.34. The van der Waals surface area contributed by atoms with Crippen LogP contribution in [0, 0.1) is 0 Å². The Labute approximate surface area is 109 Å². The van der Waals surface area contributed by atoms with Gasteiger partial charge in [0.2, 0.25) is 0 Å². The van der Waals surface area contributed by atoms with E-state index >= 15 is 0 Å². The van der Waals surface area contributed by atoms with Crippen molar-refractivity contribution in [3.63, 3.8) is 0 Å². The van der Waals surface area contributed by atoms with E-state index in [1.165, 1.54) is 0 Å². The van der Waals surface area contributed by atoms with Crippen molar-refractivity contribution < 1.29 is 4.21 Å². The highest BCUT2D eigenvalue weighted by molar-refractivity contribution is 7.85. The van der Waals surface area contributed by atoms with Crippen molar-refractivity contribution in [2.75, 3.05) is 0 Å². The first-order valence-corrected chi connectivity index (χ1v) is 6.89. The van der Waals surface area contributed by atoms with Crippen LogP contribution in [0.5, 0.6) is 0 Å². The highest BCUT2D eigenvalue weighted by atomic mass is 32.2. The van der Waals surface area contributed by atoms with Gasteiger partial charge >= 0.3 is 0 Å². The minimum absolute atomic E-state index is 0.332. The van der Waals surface area contributed by atoms with Gasteiger partial charge in [0, 0.05) is 5.39 Å². The largest absolute Gasteiger partial charge is 0.278 e. The predicted molar refractivity (Wildman–Crippen MR) is 76.2 cm³/mol. The molecule has 0 aliphatic carbocycles. The highest BCUT2D eigenvalue weighted by Crippen LogP contribution is 2.16. The number of nitrogens with one attached hydrogen (secondary N) is 1. The fraction of sp³-hybridized carbons (Fsp3) is 0.385. The van der Waals surface area contributed by atoms with Crippen molar-refractivity contribution in [3.8, 4) is 0 Å². The van der Waals surface area contributed by atoms with Gasteiger partial charge in [-0.25, -0.2) is 4.21 Å². The van der Waals surface area contributed by atoms with E-state index in [9.17, 15) is 4.21 Å². The second-order valence-electron chi connectivity index (χ2n) is 5.21. The quantitative estimate of drug-likeness (QED) is 0.847. The van der Waals surface area contributed by atoms with Gasteiger partial charge < -0.3 is 0 Å². The molecule has 2 rings (SSSR count). The Balaban J connectivity index is 2.35. The van der Waals surface area contributed by atoms with Crippen molar-refractivity contribution in [2.24, 2.45) is 4.40 Å². The maximum atomic E-state index is 12.0. The molecule has 1 heterocycles. The van der Waals surface area contributed by atoms with Crippen LogP contribution in [0.1, 0.15) is 33.3 Å². The number of hydrogen-bond acceptors (Lipinski definition) is 2. The number of aromatic nitrogens is 2. The third-order valence-corrected chi connectivity index (χ3v) is 4.09. The molecule has 0 fully saturated rings. The molecule has 0 saturated heterocycles. The molecular weight excluding hydrogens is 246 g/mol. The summed E-state index contributed by atoms with van der Waals surface area (Å²) >= 11 is 0. The minimum atomic E-state index is -1.23. The van der Waals surface area contributed by atoms with Crippen molar-refractivity contribution in [1.82, 2.24) is 10.2 Å². The summed E-state index contributed by atoms with van der Waals surface area (Å²) in [5, 5.41) is 7.91. The van der Waals surface area contributed by atoms with Crippen LogP contribution < -0.4 is 0 Å². The van der Waals surface area contributed by atoms with Gasteiger partial charge in [-0.05, 0) is 45.4 Å². The molecule has 0 aliphatic heterocycles. The molecule has 0 saturated carbocycles. The number of nitrogens with zero attached hydrogens (tertiary/aromatic N) is 2. The number of fused-ring (bicyclic) bond motifs is 1. The first-order chi connectivity index (χ1) is 8.38. The Morgan fingerprint density at radius 2 is 2.11 bits per heavy atom. The van der Waals surface area contributed by atoms with Crippen LogP contribution in [-0.2, 0) is 11.0 Å². The molecule has 4 nitrogen and oxygen atoms in total. The second-order valence-corrected chi connectivity index (χ2v) is 7.12. The summed E-state index contributed by atoms with van der Waals surface area (Å²) < 4.78 is 15.9. The molecule has 0 radical (unpaired) electrons. The van der Waals surface area contributed by atoms with Gasteiger partial charge in [0.25, 0.3) is 0 Å². The Bertz CT molecular complexity index is 622.